The molecule has 3 N–H and O–H groups in total. The lowest BCUT2D eigenvalue weighted by atomic mass is 10.1. The summed E-state index contributed by atoms with van der Waals surface area (Å²) in [6.07, 6.45) is 1.56. The molecule has 0 radical (unpaired) electrons. The van der Waals surface area contributed by atoms with E-state index >= 15 is 0 Å². The van der Waals surface area contributed by atoms with E-state index in [1.807, 2.05) is 42.5 Å². The lowest BCUT2D eigenvalue weighted by Crippen LogP contribution is -2.19. The number of para-hydroxylation sites is 2. The second kappa shape index (κ2) is 8.92. The maximum Gasteiger partial charge on any atom is 0.273 e. The molecule has 0 heterocycles. The van der Waals surface area contributed by atoms with Crippen LogP contribution in [0.1, 0.15) is 21.5 Å². The zero-order valence-corrected chi connectivity index (χ0v) is 16.3. The molecule has 0 aromatic heterocycles. The number of hydrogen-bond acceptors (Lipinski definition) is 4. The minimum Gasteiger partial charge on any atom is -0.488 e. The molecule has 4 rings (SSSR count). The van der Waals surface area contributed by atoms with Crippen molar-refractivity contribution < 1.29 is 9.53 Å². The second-order valence-corrected chi connectivity index (χ2v) is 6.75. The fourth-order valence-electron chi connectivity index (χ4n) is 3.22. The van der Waals surface area contributed by atoms with Crippen molar-refractivity contribution in [2.45, 2.75) is 6.61 Å². The molecular weight excluding hydrogens is 374 g/mol. The summed E-state index contributed by atoms with van der Waals surface area (Å²) in [5.74, 6) is 0.321. The lowest BCUT2D eigenvalue weighted by molar-refractivity contribution is 0.0956. The van der Waals surface area contributed by atoms with E-state index in [1.165, 1.54) is 10.8 Å². The standard InChI is InChI=1S/C25H21N3O2/c26-23-14-5-4-13-22(23)25(29)28-27-16-19-9-2-6-15-24(19)30-17-20-11-7-10-18-8-1-3-12-21(18)20/h1-16H,17,26H2,(H,28,29)/b27-16-. The van der Waals surface area contributed by atoms with Gasteiger partial charge in [-0.3, -0.25) is 4.79 Å². The van der Waals surface area contributed by atoms with E-state index in [4.69, 9.17) is 10.5 Å². The van der Waals surface area contributed by atoms with Crippen molar-refractivity contribution in [1.29, 1.82) is 0 Å². The van der Waals surface area contributed by atoms with E-state index in [0.29, 0.717) is 23.6 Å². The topological polar surface area (TPSA) is 76.7 Å². The highest BCUT2D eigenvalue weighted by Crippen LogP contribution is 2.22. The quantitative estimate of drug-likeness (QED) is 0.281. The van der Waals surface area contributed by atoms with E-state index < -0.39 is 0 Å². The molecule has 0 fully saturated rings. The van der Waals surface area contributed by atoms with Crippen molar-refractivity contribution in [2.24, 2.45) is 5.10 Å². The SMILES string of the molecule is Nc1ccccc1C(=O)N/N=C\c1ccccc1OCc1cccc2ccccc12. The van der Waals surface area contributed by atoms with Crippen LogP contribution in [0, 0.1) is 0 Å². The number of ether oxygens (including phenoxy) is 1. The Balaban J connectivity index is 1.47. The van der Waals surface area contributed by atoms with Crippen LogP contribution >= 0.6 is 0 Å². The van der Waals surface area contributed by atoms with Gasteiger partial charge in [-0.05, 0) is 40.6 Å². The Morgan fingerprint density at radius 2 is 1.63 bits per heavy atom. The molecule has 5 heteroatoms. The van der Waals surface area contributed by atoms with Gasteiger partial charge in [0.2, 0.25) is 0 Å². The van der Waals surface area contributed by atoms with Gasteiger partial charge in [0.1, 0.15) is 12.4 Å². The number of nitrogen functional groups attached to an aromatic ring is 1. The highest BCUT2D eigenvalue weighted by Gasteiger charge is 2.08. The summed E-state index contributed by atoms with van der Waals surface area (Å²) in [6.45, 7) is 0.430. The number of hydrogen-bond donors (Lipinski definition) is 2. The molecule has 4 aromatic rings. The Hall–Kier alpha value is -4.12. The summed E-state index contributed by atoms with van der Waals surface area (Å²) in [5.41, 5.74) is 11.0. The van der Waals surface area contributed by atoms with Crippen molar-refractivity contribution in [1.82, 2.24) is 5.43 Å². The Bertz CT molecular complexity index is 1210. The van der Waals surface area contributed by atoms with Crippen molar-refractivity contribution in [3.63, 3.8) is 0 Å². The summed E-state index contributed by atoms with van der Waals surface area (Å²) < 4.78 is 6.07. The lowest BCUT2D eigenvalue weighted by Gasteiger charge is -2.11. The molecular formula is C25H21N3O2. The molecule has 30 heavy (non-hydrogen) atoms. The van der Waals surface area contributed by atoms with Crippen LogP contribution in [0.15, 0.2) is 96.1 Å². The number of anilines is 1. The number of carbonyl (C=O) groups excluding carboxylic acids is 1. The highest BCUT2D eigenvalue weighted by molar-refractivity contribution is 5.99. The van der Waals surface area contributed by atoms with Gasteiger partial charge in [0.05, 0.1) is 11.8 Å². The number of fused-ring (bicyclic) bond motifs is 1. The van der Waals surface area contributed by atoms with Crippen LogP contribution in [-0.4, -0.2) is 12.1 Å². The zero-order valence-electron chi connectivity index (χ0n) is 16.3. The smallest absolute Gasteiger partial charge is 0.273 e. The van der Waals surface area contributed by atoms with E-state index in [2.05, 4.69) is 34.8 Å². The third-order valence-electron chi connectivity index (χ3n) is 4.76. The van der Waals surface area contributed by atoms with Gasteiger partial charge in [0, 0.05) is 11.3 Å². The summed E-state index contributed by atoms with van der Waals surface area (Å²) in [7, 11) is 0. The molecule has 0 aliphatic rings. The largest absolute Gasteiger partial charge is 0.488 e. The molecule has 148 valence electrons. The van der Waals surface area contributed by atoms with Gasteiger partial charge in [0.15, 0.2) is 0 Å². The van der Waals surface area contributed by atoms with Gasteiger partial charge in [-0.2, -0.15) is 5.10 Å². The number of nitrogens with zero attached hydrogens (tertiary/aromatic N) is 1. The summed E-state index contributed by atoms with van der Waals surface area (Å²) >= 11 is 0. The number of carbonyl (C=O) groups is 1. The first-order valence-corrected chi connectivity index (χ1v) is 9.59. The Morgan fingerprint density at radius 1 is 0.900 bits per heavy atom. The molecule has 0 spiro atoms. The molecule has 0 bridgehead atoms. The van der Waals surface area contributed by atoms with Crippen LogP contribution in [-0.2, 0) is 6.61 Å². The normalized spacial score (nSPS) is 10.9. The van der Waals surface area contributed by atoms with E-state index in [0.717, 1.165) is 11.1 Å². The molecule has 0 aliphatic heterocycles. The first kappa shape index (κ1) is 19.2. The number of nitrogens with two attached hydrogens (primary N) is 1. The fraction of sp³-hybridized carbons (Fsp3) is 0.0400. The molecule has 0 aliphatic carbocycles. The third kappa shape index (κ3) is 4.31. The molecule has 5 nitrogen and oxygen atoms in total. The Kier molecular flexibility index (Phi) is 5.71. The van der Waals surface area contributed by atoms with Crippen molar-refractivity contribution in [2.75, 3.05) is 5.73 Å². The van der Waals surface area contributed by atoms with Gasteiger partial charge in [-0.15, -0.1) is 0 Å². The predicted octanol–water partition coefficient (Wildman–Crippen LogP) is 4.76. The number of rotatable bonds is 6. The summed E-state index contributed by atoms with van der Waals surface area (Å²) in [6, 6.07) is 28.8. The zero-order chi connectivity index (χ0) is 20.8. The minimum atomic E-state index is -0.362. The van der Waals surface area contributed by atoms with Crippen LogP contribution in [0.4, 0.5) is 5.69 Å². The Labute approximate surface area is 174 Å². The van der Waals surface area contributed by atoms with Crippen LogP contribution < -0.4 is 15.9 Å². The molecule has 0 saturated heterocycles. The molecule has 1 amide bonds. The molecule has 0 saturated carbocycles. The van der Waals surface area contributed by atoms with E-state index in [-0.39, 0.29) is 5.91 Å². The van der Waals surface area contributed by atoms with Crippen molar-refractivity contribution >= 4 is 28.6 Å². The van der Waals surface area contributed by atoms with E-state index in [1.54, 1.807) is 30.5 Å². The third-order valence-corrected chi connectivity index (χ3v) is 4.76. The van der Waals surface area contributed by atoms with Crippen LogP contribution in [0.3, 0.4) is 0 Å². The monoisotopic (exact) mass is 395 g/mol. The van der Waals surface area contributed by atoms with Crippen molar-refractivity contribution in [3.05, 3.63) is 108 Å². The number of hydrazone groups is 1. The average molecular weight is 395 g/mol. The summed E-state index contributed by atoms with van der Waals surface area (Å²) in [5, 5.41) is 6.41. The van der Waals surface area contributed by atoms with Gasteiger partial charge < -0.3 is 10.5 Å². The van der Waals surface area contributed by atoms with Crippen LogP contribution in [0.2, 0.25) is 0 Å². The fourth-order valence-corrected chi connectivity index (χ4v) is 3.22. The minimum absolute atomic E-state index is 0.362. The van der Waals surface area contributed by atoms with Gasteiger partial charge in [0.25, 0.3) is 5.91 Å². The van der Waals surface area contributed by atoms with Crippen LogP contribution in [0.25, 0.3) is 10.8 Å². The first-order valence-electron chi connectivity index (χ1n) is 9.59. The summed E-state index contributed by atoms with van der Waals surface area (Å²) in [4.78, 5) is 12.2. The number of benzene rings is 4. The highest BCUT2D eigenvalue weighted by atomic mass is 16.5. The van der Waals surface area contributed by atoms with Crippen molar-refractivity contribution in [3.8, 4) is 5.75 Å². The number of amides is 1. The van der Waals surface area contributed by atoms with Crippen LogP contribution in [0.5, 0.6) is 5.75 Å². The maximum absolute atomic E-state index is 12.2. The predicted molar refractivity (Wildman–Crippen MR) is 121 cm³/mol. The first-order chi connectivity index (χ1) is 14.7. The molecule has 0 unspecified atom stereocenters. The molecule has 0 atom stereocenters. The van der Waals surface area contributed by atoms with Gasteiger partial charge in [-0.1, -0.05) is 66.7 Å². The Morgan fingerprint density at radius 3 is 2.53 bits per heavy atom. The van der Waals surface area contributed by atoms with Gasteiger partial charge in [-0.25, -0.2) is 5.43 Å². The second-order valence-electron chi connectivity index (χ2n) is 6.75. The maximum atomic E-state index is 12.2. The average Bonchev–Trinajstić information content (AvgIpc) is 2.78. The molecule has 4 aromatic carbocycles. The van der Waals surface area contributed by atoms with Gasteiger partial charge >= 0.3 is 0 Å². The number of nitrogens with one attached hydrogen (secondary N) is 1. The van der Waals surface area contributed by atoms with E-state index in [9.17, 15) is 4.79 Å².